The van der Waals surface area contributed by atoms with E-state index < -0.39 is 11.6 Å². The van der Waals surface area contributed by atoms with Gasteiger partial charge in [-0.15, -0.1) is 0 Å². The van der Waals surface area contributed by atoms with Gasteiger partial charge in [-0.1, -0.05) is 25.1 Å². The van der Waals surface area contributed by atoms with E-state index in [1.165, 1.54) is 12.1 Å². The second kappa shape index (κ2) is 8.97. The lowest BCUT2D eigenvalue weighted by atomic mass is 9.92. The fourth-order valence-corrected chi connectivity index (χ4v) is 4.84. The van der Waals surface area contributed by atoms with E-state index in [2.05, 4.69) is 16.8 Å². The molecule has 4 aromatic rings. The summed E-state index contributed by atoms with van der Waals surface area (Å²) in [6.07, 6.45) is 2.44. The SMILES string of the molecule is CC1CN(c2c(-c3cc(F)cc(F)c3)cnc3ccc(-c4cccc(C#N)c4O)cc23)CC[C@H]1N. The third kappa shape index (κ3) is 4.17. The number of hydrogen-bond acceptors (Lipinski definition) is 5. The van der Waals surface area contributed by atoms with Gasteiger partial charge < -0.3 is 15.7 Å². The molecule has 2 atom stereocenters. The van der Waals surface area contributed by atoms with E-state index in [9.17, 15) is 19.1 Å². The van der Waals surface area contributed by atoms with Crippen LogP contribution in [-0.4, -0.2) is 29.2 Å². The van der Waals surface area contributed by atoms with Crippen molar-refractivity contribution in [3.05, 3.63) is 78.0 Å². The fraction of sp³-hybridized carbons (Fsp3) is 0.214. The number of piperidine rings is 1. The largest absolute Gasteiger partial charge is 0.506 e. The molecular formula is C28H24F2N4O. The van der Waals surface area contributed by atoms with Crippen molar-refractivity contribution >= 4 is 16.6 Å². The molecule has 0 aliphatic carbocycles. The van der Waals surface area contributed by atoms with E-state index in [1.807, 2.05) is 24.3 Å². The molecule has 0 amide bonds. The number of phenols is 1. The molecule has 2 heterocycles. The van der Waals surface area contributed by atoms with Gasteiger partial charge in [-0.25, -0.2) is 8.78 Å². The van der Waals surface area contributed by atoms with Crippen LogP contribution in [0.5, 0.6) is 5.75 Å². The highest BCUT2D eigenvalue weighted by Crippen LogP contribution is 2.41. The summed E-state index contributed by atoms with van der Waals surface area (Å²) < 4.78 is 28.3. The zero-order chi connectivity index (χ0) is 24.7. The molecule has 3 aromatic carbocycles. The van der Waals surface area contributed by atoms with Gasteiger partial charge in [0.25, 0.3) is 0 Å². The van der Waals surface area contributed by atoms with E-state index >= 15 is 0 Å². The van der Waals surface area contributed by atoms with Crippen molar-refractivity contribution in [3.63, 3.8) is 0 Å². The highest BCUT2D eigenvalue weighted by atomic mass is 19.1. The van der Waals surface area contributed by atoms with Crippen LogP contribution in [0.3, 0.4) is 0 Å². The highest BCUT2D eigenvalue weighted by Gasteiger charge is 2.27. The van der Waals surface area contributed by atoms with Crippen LogP contribution in [0.25, 0.3) is 33.2 Å². The van der Waals surface area contributed by atoms with Crippen molar-refractivity contribution in [1.29, 1.82) is 5.26 Å². The number of pyridine rings is 1. The minimum atomic E-state index is -0.660. The number of phenolic OH excluding ortho intramolecular Hbond substituents is 1. The normalized spacial score (nSPS) is 18.0. The fourth-order valence-electron chi connectivity index (χ4n) is 4.84. The first-order chi connectivity index (χ1) is 16.9. The van der Waals surface area contributed by atoms with Gasteiger partial charge in [0.1, 0.15) is 23.5 Å². The van der Waals surface area contributed by atoms with Gasteiger partial charge in [0.2, 0.25) is 0 Å². The number of aromatic nitrogens is 1. The molecule has 35 heavy (non-hydrogen) atoms. The van der Waals surface area contributed by atoms with Gasteiger partial charge in [-0.3, -0.25) is 4.98 Å². The number of nitrogens with two attached hydrogens (primary N) is 1. The lowest BCUT2D eigenvalue weighted by molar-refractivity contribution is 0.383. The maximum atomic E-state index is 14.2. The molecule has 1 unspecified atom stereocenters. The van der Waals surface area contributed by atoms with Crippen LogP contribution >= 0.6 is 0 Å². The van der Waals surface area contributed by atoms with E-state index in [-0.39, 0.29) is 23.3 Å². The Balaban J connectivity index is 1.77. The van der Waals surface area contributed by atoms with Crippen LogP contribution in [-0.2, 0) is 0 Å². The molecule has 7 heteroatoms. The molecule has 1 aromatic heterocycles. The van der Waals surface area contributed by atoms with E-state index in [0.29, 0.717) is 40.9 Å². The summed E-state index contributed by atoms with van der Waals surface area (Å²) in [5, 5.41) is 20.8. The lowest BCUT2D eigenvalue weighted by Gasteiger charge is -2.38. The van der Waals surface area contributed by atoms with Crippen molar-refractivity contribution in [2.75, 3.05) is 18.0 Å². The molecule has 1 fully saturated rings. The number of para-hydroxylation sites is 1. The molecule has 5 nitrogen and oxygen atoms in total. The number of benzene rings is 3. The summed E-state index contributed by atoms with van der Waals surface area (Å²) in [7, 11) is 0. The Labute approximate surface area is 202 Å². The Kier molecular flexibility index (Phi) is 5.83. The van der Waals surface area contributed by atoms with Gasteiger partial charge in [-0.05, 0) is 53.8 Å². The average molecular weight is 471 g/mol. The van der Waals surface area contributed by atoms with Crippen LogP contribution in [0.15, 0.2) is 60.8 Å². The number of nitriles is 1. The summed E-state index contributed by atoms with van der Waals surface area (Å²) in [5.41, 5.74) is 10.2. The number of aromatic hydroxyl groups is 1. The first kappa shape index (κ1) is 22.8. The van der Waals surface area contributed by atoms with Gasteiger partial charge in [0, 0.05) is 47.9 Å². The zero-order valence-corrected chi connectivity index (χ0v) is 19.2. The zero-order valence-electron chi connectivity index (χ0n) is 19.2. The number of anilines is 1. The molecule has 1 aliphatic heterocycles. The third-order valence-corrected chi connectivity index (χ3v) is 6.77. The summed E-state index contributed by atoms with van der Waals surface area (Å²) in [6, 6.07) is 16.2. The smallest absolute Gasteiger partial charge is 0.141 e. The van der Waals surface area contributed by atoms with Crippen LogP contribution in [0.2, 0.25) is 0 Å². The van der Waals surface area contributed by atoms with Crippen LogP contribution in [0.4, 0.5) is 14.5 Å². The van der Waals surface area contributed by atoms with Crippen molar-refractivity contribution < 1.29 is 13.9 Å². The monoisotopic (exact) mass is 470 g/mol. The lowest BCUT2D eigenvalue weighted by Crippen LogP contribution is -2.46. The topological polar surface area (TPSA) is 86.2 Å². The molecule has 5 rings (SSSR count). The Morgan fingerprint density at radius 3 is 2.54 bits per heavy atom. The van der Waals surface area contributed by atoms with Crippen molar-refractivity contribution in [1.82, 2.24) is 4.98 Å². The number of nitrogens with zero attached hydrogens (tertiary/aromatic N) is 3. The molecule has 1 aliphatic rings. The van der Waals surface area contributed by atoms with Crippen molar-refractivity contribution in [2.24, 2.45) is 11.7 Å². The third-order valence-electron chi connectivity index (χ3n) is 6.77. The van der Waals surface area contributed by atoms with Gasteiger partial charge in [0.15, 0.2) is 0 Å². The number of halogens is 2. The van der Waals surface area contributed by atoms with Crippen LogP contribution in [0, 0.1) is 28.9 Å². The van der Waals surface area contributed by atoms with Gasteiger partial charge in [0.05, 0.1) is 16.8 Å². The second-order valence-electron chi connectivity index (χ2n) is 9.10. The summed E-state index contributed by atoms with van der Waals surface area (Å²) >= 11 is 0. The summed E-state index contributed by atoms with van der Waals surface area (Å²) in [4.78, 5) is 6.79. The average Bonchev–Trinajstić information content (AvgIpc) is 2.84. The molecule has 3 N–H and O–H groups in total. The van der Waals surface area contributed by atoms with Gasteiger partial charge in [-0.2, -0.15) is 5.26 Å². The standard InChI is InChI=1S/C28H24F2N4O/c1-16-15-34(8-7-25(16)32)27-23-11-17(22-4-2-3-18(13-31)28(22)35)5-6-26(23)33-14-24(27)19-9-20(29)12-21(30)10-19/h2-6,9-12,14,16,25,35H,7-8,15,32H2,1H3/t16?,25-/m1/s1. The maximum absolute atomic E-state index is 14.2. The highest BCUT2D eigenvalue weighted by molar-refractivity contribution is 6.02. The Hall–Kier alpha value is -4.02. The predicted molar refractivity (Wildman–Crippen MR) is 133 cm³/mol. The number of rotatable bonds is 3. The summed E-state index contributed by atoms with van der Waals surface area (Å²) in [5.74, 6) is -1.19. The Morgan fingerprint density at radius 2 is 1.83 bits per heavy atom. The molecule has 176 valence electrons. The Morgan fingerprint density at radius 1 is 1.06 bits per heavy atom. The quantitative estimate of drug-likeness (QED) is 0.407. The molecule has 0 saturated carbocycles. The molecule has 0 radical (unpaired) electrons. The first-order valence-electron chi connectivity index (χ1n) is 11.5. The Bertz CT molecular complexity index is 1460. The maximum Gasteiger partial charge on any atom is 0.141 e. The molecular weight excluding hydrogens is 446 g/mol. The molecule has 0 bridgehead atoms. The van der Waals surface area contributed by atoms with Crippen LogP contribution < -0.4 is 10.6 Å². The number of hydrogen-bond donors (Lipinski definition) is 2. The first-order valence-corrected chi connectivity index (χ1v) is 11.5. The predicted octanol–water partition coefficient (Wildman–Crippen LogP) is 5.60. The minimum absolute atomic E-state index is 0.0793. The van der Waals surface area contributed by atoms with E-state index in [0.717, 1.165) is 23.6 Å². The second-order valence-corrected chi connectivity index (χ2v) is 9.10. The van der Waals surface area contributed by atoms with E-state index in [4.69, 9.17) is 5.73 Å². The van der Waals surface area contributed by atoms with Crippen LogP contribution in [0.1, 0.15) is 18.9 Å². The number of fused-ring (bicyclic) bond motifs is 1. The van der Waals surface area contributed by atoms with Crippen molar-refractivity contribution in [2.45, 2.75) is 19.4 Å². The van der Waals surface area contributed by atoms with E-state index in [1.54, 1.807) is 24.4 Å². The minimum Gasteiger partial charge on any atom is -0.506 e. The van der Waals surface area contributed by atoms with Gasteiger partial charge >= 0.3 is 0 Å². The summed E-state index contributed by atoms with van der Waals surface area (Å²) in [6.45, 7) is 3.47. The molecule has 1 saturated heterocycles. The van der Waals surface area contributed by atoms with Crippen molar-refractivity contribution in [3.8, 4) is 34.1 Å². The molecule has 0 spiro atoms.